The number of fused-ring (bicyclic) bond motifs is 3. The number of hydrogen-bond acceptors (Lipinski definition) is 6. The zero-order chi connectivity index (χ0) is 19.0. The number of anilines is 3. The van der Waals surface area contributed by atoms with E-state index in [0.717, 1.165) is 29.6 Å². The molecule has 1 aliphatic heterocycles. The monoisotopic (exact) mass is 381 g/mol. The van der Waals surface area contributed by atoms with Gasteiger partial charge in [-0.1, -0.05) is 11.6 Å². The molecule has 1 aromatic carbocycles. The maximum absolute atomic E-state index is 12.6. The highest BCUT2D eigenvalue weighted by Gasteiger charge is 2.19. The molecule has 2 N–H and O–H groups in total. The van der Waals surface area contributed by atoms with Gasteiger partial charge in [-0.2, -0.15) is 5.26 Å². The second kappa shape index (κ2) is 6.82. The van der Waals surface area contributed by atoms with Crippen molar-refractivity contribution in [2.75, 3.05) is 23.8 Å². The van der Waals surface area contributed by atoms with Gasteiger partial charge in [0.05, 0.1) is 23.5 Å². The summed E-state index contributed by atoms with van der Waals surface area (Å²) in [7, 11) is 1.72. The molecule has 0 unspecified atom stereocenters. The van der Waals surface area contributed by atoms with Crippen molar-refractivity contribution in [1.82, 2.24) is 9.55 Å². The summed E-state index contributed by atoms with van der Waals surface area (Å²) < 4.78 is 7.27. The topological polar surface area (TPSA) is 92.0 Å². The van der Waals surface area contributed by atoms with E-state index >= 15 is 0 Å². The molecule has 27 heavy (non-hydrogen) atoms. The van der Waals surface area contributed by atoms with Gasteiger partial charge in [0.2, 0.25) is 5.75 Å². The van der Waals surface area contributed by atoms with Gasteiger partial charge in [0.15, 0.2) is 0 Å². The van der Waals surface area contributed by atoms with Crippen molar-refractivity contribution in [3.63, 3.8) is 0 Å². The minimum atomic E-state index is -0.166. The van der Waals surface area contributed by atoms with Gasteiger partial charge in [0.1, 0.15) is 16.8 Å². The summed E-state index contributed by atoms with van der Waals surface area (Å²) in [6, 6.07) is 9.38. The zero-order valence-corrected chi connectivity index (χ0v) is 15.3. The van der Waals surface area contributed by atoms with Crippen molar-refractivity contribution in [3.8, 4) is 11.8 Å². The number of aromatic nitrogens is 2. The molecule has 7 nitrogen and oxygen atoms in total. The molecule has 3 heterocycles. The van der Waals surface area contributed by atoms with Crippen LogP contribution in [0.25, 0.3) is 10.9 Å². The van der Waals surface area contributed by atoms with Gasteiger partial charge >= 0.3 is 0 Å². The maximum Gasteiger partial charge on any atom is 0.295 e. The molecule has 0 radical (unpaired) electrons. The Hall–Kier alpha value is -3.24. The van der Waals surface area contributed by atoms with E-state index in [1.807, 2.05) is 18.2 Å². The molecule has 0 atom stereocenters. The molecule has 4 rings (SSSR count). The van der Waals surface area contributed by atoms with Crippen LogP contribution in [-0.2, 0) is 7.05 Å². The molecule has 0 amide bonds. The van der Waals surface area contributed by atoms with E-state index in [9.17, 15) is 10.1 Å². The first-order valence-corrected chi connectivity index (χ1v) is 8.83. The maximum atomic E-state index is 12.6. The van der Waals surface area contributed by atoms with Gasteiger partial charge in [-0.05, 0) is 30.7 Å². The molecule has 0 saturated heterocycles. The van der Waals surface area contributed by atoms with Gasteiger partial charge in [0, 0.05) is 30.9 Å². The van der Waals surface area contributed by atoms with Crippen LogP contribution in [0.5, 0.6) is 5.75 Å². The number of rotatable bonds is 2. The zero-order valence-electron chi connectivity index (χ0n) is 14.5. The number of nitrogens with zero attached hydrogens (tertiary/aromatic N) is 3. The molecule has 3 aromatic rings. The number of benzene rings is 1. The van der Waals surface area contributed by atoms with Crippen LogP contribution in [-0.4, -0.2) is 22.7 Å². The van der Waals surface area contributed by atoms with Crippen LogP contribution in [0, 0.1) is 11.3 Å². The number of pyridine rings is 2. The fourth-order valence-corrected chi connectivity index (χ4v) is 3.37. The summed E-state index contributed by atoms with van der Waals surface area (Å²) in [5.74, 6) is 0.337. The Morgan fingerprint density at radius 3 is 3.07 bits per heavy atom. The highest BCUT2D eigenvalue weighted by Crippen LogP contribution is 2.34. The summed E-state index contributed by atoms with van der Waals surface area (Å²) in [6.07, 6.45) is 2.36. The standard InChI is InChI=1S/C19H16ClN5O2/c1-25-15-4-3-11(24-14-5-7-23-18(20)13(14)10-21)9-12(15)16-17(19(25)26)27-8-2-6-22-16/h3-5,7,9,22H,2,6,8H2,1H3,(H,23,24). The molecular formula is C19H16ClN5O2. The summed E-state index contributed by atoms with van der Waals surface area (Å²) in [4.78, 5) is 16.5. The van der Waals surface area contributed by atoms with Crippen LogP contribution in [0.4, 0.5) is 17.1 Å². The summed E-state index contributed by atoms with van der Waals surface area (Å²) in [5, 5.41) is 16.9. The fraction of sp³-hybridized carbons (Fsp3) is 0.211. The first-order chi connectivity index (χ1) is 13.1. The molecule has 0 aliphatic carbocycles. The highest BCUT2D eigenvalue weighted by molar-refractivity contribution is 6.31. The number of aryl methyl sites for hydroxylation is 1. The summed E-state index contributed by atoms with van der Waals surface area (Å²) >= 11 is 6.00. The first kappa shape index (κ1) is 17.2. The van der Waals surface area contributed by atoms with Gasteiger partial charge in [-0.3, -0.25) is 4.79 Å². The molecule has 8 heteroatoms. The molecule has 0 saturated carbocycles. The fourth-order valence-electron chi connectivity index (χ4n) is 3.17. The normalized spacial score (nSPS) is 13.1. The number of ether oxygens (including phenoxy) is 1. The van der Waals surface area contributed by atoms with Gasteiger partial charge in [-0.25, -0.2) is 4.98 Å². The lowest BCUT2D eigenvalue weighted by atomic mass is 10.1. The van der Waals surface area contributed by atoms with E-state index in [4.69, 9.17) is 16.3 Å². The number of halogens is 1. The number of nitrogens with one attached hydrogen (secondary N) is 2. The minimum Gasteiger partial charge on any atom is -0.486 e. The van der Waals surface area contributed by atoms with Gasteiger partial charge < -0.3 is 19.9 Å². The quantitative estimate of drug-likeness (QED) is 0.661. The second-order valence-corrected chi connectivity index (χ2v) is 6.55. The van der Waals surface area contributed by atoms with E-state index in [0.29, 0.717) is 23.7 Å². The molecule has 136 valence electrons. The molecule has 0 bridgehead atoms. The first-order valence-electron chi connectivity index (χ1n) is 8.45. The lowest BCUT2D eigenvalue weighted by Crippen LogP contribution is -2.20. The lowest BCUT2D eigenvalue weighted by molar-refractivity contribution is 0.317. The highest BCUT2D eigenvalue weighted by atomic mass is 35.5. The Morgan fingerprint density at radius 1 is 1.41 bits per heavy atom. The van der Waals surface area contributed by atoms with Crippen LogP contribution >= 0.6 is 11.6 Å². The largest absolute Gasteiger partial charge is 0.486 e. The third kappa shape index (κ3) is 2.94. The predicted octanol–water partition coefficient (Wildman–Crippen LogP) is 3.40. The second-order valence-electron chi connectivity index (χ2n) is 6.19. The van der Waals surface area contributed by atoms with Crippen LogP contribution in [0.1, 0.15) is 12.0 Å². The Bertz CT molecular complexity index is 1150. The Morgan fingerprint density at radius 2 is 2.26 bits per heavy atom. The third-order valence-electron chi connectivity index (χ3n) is 4.52. The molecule has 0 spiro atoms. The van der Waals surface area contributed by atoms with E-state index in [1.54, 1.807) is 17.7 Å². The van der Waals surface area contributed by atoms with E-state index in [-0.39, 0.29) is 16.3 Å². The number of hydrogen-bond donors (Lipinski definition) is 2. The SMILES string of the molecule is Cn1c(=O)c2c(c3cc(Nc4ccnc(Cl)c4C#N)ccc31)NCCCO2. The van der Waals surface area contributed by atoms with Crippen LogP contribution in [0.15, 0.2) is 35.3 Å². The van der Waals surface area contributed by atoms with Crippen molar-refractivity contribution >= 4 is 39.6 Å². The average Bonchev–Trinajstić information content (AvgIpc) is 2.93. The van der Waals surface area contributed by atoms with Crippen LogP contribution in [0.2, 0.25) is 5.15 Å². The molecule has 1 aliphatic rings. The molecular weight excluding hydrogens is 366 g/mol. The van der Waals surface area contributed by atoms with Crippen molar-refractivity contribution in [2.45, 2.75) is 6.42 Å². The van der Waals surface area contributed by atoms with E-state index in [2.05, 4.69) is 21.7 Å². The molecule has 0 fully saturated rings. The van der Waals surface area contributed by atoms with Crippen molar-refractivity contribution in [3.05, 3.63) is 51.5 Å². The lowest BCUT2D eigenvalue weighted by Gasteiger charge is -2.16. The third-order valence-corrected chi connectivity index (χ3v) is 4.80. The Labute approximate surface area is 160 Å². The smallest absolute Gasteiger partial charge is 0.295 e. The minimum absolute atomic E-state index is 0.148. The Balaban J connectivity index is 1.87. The van der Waals surface area contributed by atoms with Gasteiger partial charge in [-0.15, -0.1) is 0 Å². The Kier molecular flexibility index (Phi) is 4.34. The predicted molar refractivity (Wildman–Crippen MR) is 105 cm³/mol. The van der Waals surface area contributed by atoms with Crippen molar-refractivity contribution < 1.29 is 4.74 Å². The number of nitriles is 1. The van der Waals surface area contributed by atoms with Crippen molar-refractivity contribution in [2.24, 2.45) is 7.05 Å². The van der Waals surface area contributed by atoms with Crippen LogP contribution < -0.4 is 20.9 Å². The average molecular weight is 382 g/mol. The van der Waals surface area contributed by atoms with E-state index < -0.39 is 0 Å². The summed E-state index contributed by atoms with van der Waals surface area (Å²) in [5.41, 5.74) is 2.92. The summed E-state index contributed by atoms with van der Waals surface area (Å²) in [6.45, 7) is 1.23. The molecule has 2 aromatic heterocycles. The van der Waals surface area contributed by atoms with Crippen molar-refractivity contribution in [1.29, 1.82) is 5.26 Å². The van der Waals surface area contributed by atoms with Crippen LogP contribution in [0.3, 0.4) is 0 Å². The van der Waals surface area contributed by atoms with E-state index in [1.165, 1.54) is 6.20 Å². The van der Waals surface area contributed by atoms with Gasteiger partial charge in [0.25, 0.3) is 5.56 Å².